The van der Waals surface area contributed by atoms with Gasteiger partial charge in [0.25, 0.3) is 0 Å². The highest BCUT2D eigenvalue weighted by Crippen LogP contribution is 2.23. The van der Waals surface area contributed by atoms with Gasteiger partial charge < -0.3 is 10.1 Å². The third kappa shape index (κ3) is 2.17. The number of imide groups is 1. The second-order valence-corrected chi connectivity index (χ2v) is 4.25. The van der Waals surface area contributed by atoms with Crippen molar-refractivity contribution in [1.82, 2.24) is 10.2 Å². The van der Waals surface area contributed by atoms with Gasteiger partial charge in [-0.3, -0.25) is 14.5 Å². The summed E-state index contributed by atoms with van der Waals surface area (Å²) in [6.07, 6.45) is 1.04. The molecule has 1 aliphatic heterocycles. The van der Waals surface area contributed by atoms with Crippen LogP contribution >= 0.6 is 0 Å². The molecule has 0 bridgehead atoms. The Balaban J connectivity index is 2.95. The van der Waals surface area contributed by atoms with Crippen LogP contribution < -0.4 is 5.32 Å². The monoisotopic (exact) mass is 242 g/mol. The van der Waals surface area contributed by atoms with Gasteiger partial charge in [-0.15, -0.1) is 0 Å². The molecule has 0 aromatic heterocycles. The summed E-state index contributed by atoms with van der Waals surface area (Å²) in [5, 5.41) is 2.89. The number of rotatable bonds is 5. The lowest BCUT2D eigenvalue weighted by Gasteiger charge is -2.45. The van der Waals surface area contributed by atoms with Gasteiger partial charge in [0.15, 0.2) is 5.54 Å². The summed E-state index contributed by atoms with van der Waals surface area (Å²) in [5.41, 5.74) is -1.16. The van der Waals surface area contributed by atoms with Gasteiger partial charge in [0.1, 0.15) is 0 Å². The maximum Gasteiger partial charge on any atom is 0.334 e. The van der Waals surface area contributed by atoms with E-state index in [4.69, 9.17) is 0 Å². The molecular formula is C11H18N2O4. The Labute approximate surface area is 100 Å². The summed E-state index contributed by atoms with van der Waals surface area (Å²) in [6, 6.07) is 0. The lowest BCUT2D eigenvalue weighted by Crippen LogP contribution is -2.74. The van der Waals surface area contributed by atoms with Gasteiger partial charge in [0.2, 0.25) is 12.3 Å². The first-order chi connectivity index (χ1) is 8.03. The number of esters is 1. The van der Waals surface area contributed by atoms with Gasteiger partial charge in [0.05, 0.1) is 7.11 Å². The van der Waals surface area contributed by atoms with E-state index in [9.17, 15) is 14.4 Å². The van der Waals surface area contributed by atoms with E-state index in [1.807, 2.05) is 6.92 Å². The zero-order valence-electron chi connectivity index (χ0n) is 10.4. The van der Waals surface area contributed by atoms with Gasteiger partial charge in [-0.1, -0.05) is 13.8 Å². The van der Waals surface area contributed by atoms with Gasteiger partial charge in [-0.2, -0.15) is 0 Å². The number of ether oxygens (including phenoxy) is 1. The van der Waals surface area contributed by atoms with E-state index < -0.39 is 11.5 Å². The van der Waals surface area contributed by atoms with Crippen LogP contribution in [0.1, 0.15) is 20.3 Å². The maximum atomic E-state index is 12.0. The summed E-state index contributed by atoms with van der Waals surface area (Å²) in [6.45, 7) is 4.09. The summed E-state index contributed by atoms with van der Waals surface area (Å²) in [7, 11) is 1.25. The van der Waals surface area contributed by atoms with Crippen molar-refractivity contribution in [3.8, 4) is 0 Å². The molecule has 1 fully saturated rings. The highest BCUT2D eigenvalue weighted by molar-refractivity contribution is 5.97. The Morgan fingerprint density at radius 2 is 2.12 bits per heavy atom. The van der Waals surface area contributed by atoms with Crippen LogP contribution in [0, 0.1) is 5.92 Å². The van der Waals surface area contributed by atoms with Crippen LogP contribution in [0.2, 0.25) is 0 Å². The molecule has 2 amide bonds. The minimum atomic E-state index is -1.16. The standard InChI is InChI=1S/C11H18N2O4/c1-4-8(2)9(15)13(7-14)11(5-12-6-11)10(16)17-3/h7-8,12H,4-6H2,1-3H3. The molecule has 0 aliphatic carbocycles. The summed E-state index contributed by atoms with van der Waals surface area (Å²) in [4.78, 5) is 35.8. The molecule has 1 atom stereocenters. The average Bonchev–Trinajstić information content (AvgIpc) is 2.30. The highest BCUT2D eigenvalue weighted by Gasteiger charge is 2.53. The molecule has 17 heavy (non-hydrogen) atoms. The van der Waals surface area contributed by atoms with E-state index >= 15 is 0 Å². The topological polar surface area (TPSA) is 75.7 Å². The highest BCUT2D eigenvalue weighted by atomic mass is 16.5. The third-order valence-corrected chi connectivity index (χ3v) is 3.24. The van der Waals surface area contributed by atoms with Crippen LogP contribution in [0.5, 0.6) is 0 Å². The minimum Gasteiger partial charge on any atom is -0.467 e. The first kappa shape index (κ1) is 13.6. The number of carbonyl (C=O) groups is 3. The van der Waals surface area contributed by atoms with Crippen LogP contribution in [-0.2, 0) is 19.1 Å². The molecule has 1 aliphatic rings. The van der Waals surface area contributed by atoms with Crippen molar-refractivity contribution < 1.29 is 19.1 Å². The normalized spacial score (nSPS) is 18.8. The van der Waals surface area contributed by atoms with Crippen molar-refractivity contribution in [2.75, 3.05) is 20.2 Å². The van der Waals surface area contributed by atoms with E-state index in [0.29, 0.717) is 12.8 Å². The molecule has 1 saturated heterocycles. The zero-order valence-corrected chi connectivity index (χ0v) is 10.4. The molecule has 0 spiro atoms. The number of nitrogens with one attached hydrogen (secondary N) is 1. The molecule has 1 unspecified atom stereocenters. The Morgan fingerprint density at radius 3 is 2.41 bits per heavy atom. The minimum absolute atomic E-state index is 0.251. The molecule has 1 N–H and O–H groups in total. The molecule has 0 aromatic carbocycles. The Hall–Kier alpha value is -1.43. The van der Waals surface area contributed by atoms with Gasteiger partial charge in [-0.05, 0) is 6.42 Å². The van der Waals surface area contributed by atoms with Crippen molar-refractivity contribution >= 4 is 18.3 Å². The fourth-order valence-electron chi connectivity index (χ4n) is 1.74. The molecule has 0 saturated carbocycles. The predicted molar refractivity (Wildman–Crippen MR) is 60.0 cm³/mol. The molecule has 6 nitrogen and oxygen atoms in total. The molecule has 0 radical (unpaired) electrons. The Kier molecular flexibility index (Phi) is 4.22. The van der Waals surface area contributed by atoms with Gasteiger partial charge >= 0.3 is 5.97 Å². The zero-order chi connectivity index (χ0) is 13.1. The lowest BCUT2D eigenvalue weighted by atomic mass is 9.89. The number of amides is 2. The number of hydrogen-bond acceptors (Lipinski definition) is 5. The van der Waals surface area contributed by atoms with Crippen molar-refractivity contribution in [3.63, 3.8) is 0 Å². The van der Waals surface area contributed by atoms with Crippen molar-refractivity contribution in [2.45, 2.75) is 25.8 Å². The van der Waals surface area contributed by atoms with E-state index in [-0.39, 0.29) is 24.9 Å². The number of methoxy groups -OCH3 is 1. The quantitative estimate of drug-likeness (QED) is 0.521. The maximum absolute atomic E-state index is 12.0. The molecular weight excluding hydrogens is 224 g/mol. The number of nitrogens with zero attached hydrogens (tertiary/aromatic N) is 1. The molecule has 6 heteroatoms. The summed E-state index contributed by atoms with van der Waals surface area (Å²) in [5.74, 6) is -1.18. The number of carbonyl (C=O) groups excluding carboxylic acids is 3. The Morgan fingerprint density at radius 1 is 1.53 bits per heavy atom. The molecule has 96 valence electrons. The van der Waals surface area contributed by atoms with Gasteiger partial charge in [-0.25, -0.2) is 4.79 Å². The SMILES string of the molecule is CCC(C)C(=O)N(C=O)C1(C(=O)OC)CNC1. The molecule has 1 rings (SSSR count). The van der Waals surface area contributed by atoms with Gasteiger partial charge in [0, 0.05) is 19.0 Å². The second-order valence-electron chi connectivity index (χ2n) is 4.25. The van der Waals surface area contributed by atoms with Crippen LogP contribution in [0.3, 0.4) is 0 Å². The van der Waals surface area contributed by atoms with E-state index in [1.165, 1.54) is 7.11 Å². The Bertz CT molecular complexity index is 325. The fourth-order valence-corrected chi connectivity index (χ4v) is 1.74. The average molecular weight is 242 g/mol. The second kappa shape index (κ2) is 5.27. The summed E-state index contributed by atoms with van der Waals surface area (Å²) < 4.78 is 4.67. The first-order valence-electron chi connectivity index (χ1n) is 5.61. The van der Waals surface area contributed by atoms with Crippen molar-refractivity contribution in [3.05, 3.63) is 0 Å². The fraction of sp³-hybridized carbons (Fsp3) is 0.727. The van der Waals surface area contributed by atoms with Crippen molar-refractivity contribution in [2.24, 2.45) is 5.92 Å². The molecule has 1 heterocycles. The van der Waals surface area contributed by atoms with Crippen LogP contribution in [0.15, 0.2) is 0 Å². The summed E-state index contributed by atoms with van der Waals surface area (Å²) >= 11 is 0. The lowest BCUT2D eigenvalue weighted by molar-refractivity contribution is -0.169. The van der Waals surface area contributed by atoms with E-state index in [2.05, 4.69) is 10.1 Å². The van der Waals surface area contributed by atoms with Crippen LogP contribution in [-0.4, -0.2) is 48.9 Å². The third-order valence-electron chi connectivity index (χ3n) is 3.24. The first-order valence-corrected chi connectivity index (χ1v) is 5.61. The number of hydrogen-bond donors (Lipinski definition) is 1. The van der Waals surface area contributed by atoms with Crippen LogP contribution in [0.25, 0.3) is 0 Å². The smallest absolute Gasteiger partial charge is 0.334 e. The predicted octanol–water partition coefficient (Wildman–Crippen LogP) is -0.467. The largest absolute Gasteiger partial charge is 0.467 e. The van der Waals surface area contributed by atoms with E-state index in [1.54, 1.807) is 6.92 Å². The molecule has 0 aromatic rings. The van der Waals surface area contributed by atoms with Crippen molar-refractivity contribution in [1.29, 1.82) is 0 Å². The van der Waals surface area contributed by atoms with Crippen LogP contribution in [0.4, 0.5) is 0 Å². The van der Waals surface area contributed by atoms with E-state index in [0.717, 1.165) is 4.90 Å².